The van der Waals surface area contributed by atoms with E-state index in [1.165, 1.54) is 6.08 Å². The third kappa shape index (κ3) is 5.27. The summed E-state index contributed by atoms with van der Waals surface area (Å²) in [6.07, 6.45) is 1.81. The molecule has 9 heteroatoms. The normalized spacial score (nSPS) is 24.0. The van der Waals surface area contributed by atoms with E-state index in [1.807, 2.05) is 30.3 Å². The van der Waals surface area contributed by atoms with Crippen LogP contribution in [0.4, 0.5) is 4.79 Å². The number of ether oxygens (including phenoxy) is 2. The van der Waals surface area contributed by atoms with Crippen molar-refractivity contribution in [2.24, 2.45) is 5.92 Å². The molecule has 1 aromatic rings. The standard InChI is InChI=1S/C22H30N2O6S/c1-5-17-13-22(17,23-19(26)30-20(2,3)4)18(25)24-31(27,28)21(11-12-21)15-29-14-16-9-7-6-8-10-16/h5-10,17H,1,11-15H2,2-4H3,(H,23,26)(H,24,25)/t17-,22-/m1/s1. The monoisotopic (exact) mass is 450 g/mol. The average Bonchev–Trinajstić information content (AvgIpc) is 3.56. The molecular weight excluding hydrogens is 420 g/mol. The molecule has 1 aromatic carbocycles. The van der Waals surface area contributed by atoms with Crippen molar-refractivity contribution in [1.82, 2.24) is 10.0 Å². The highest BCUT2D eigenvalue weighted by molar-refractivity contribution is 7.91. The van der Waals surface area contributed by atoms with Crippen LogP contribution in [0.15, 0.2) is 43.0 Å². The van der Waals surface area contributed by atoms with Gasteiger partial charge in [-0.2, -0.15) is 0 Å². The van der Waals surface area contributed by atoms with E-state index in [4.69, 9.17) is 9.47 Å². The quantitative estimate of drug-likeness (QED) is 0.560. The molecule has 3 rings (SSSR count). The second-order valence-corrected chi connectivity index (χ2v) is 11.3. The van der Waals surface area contributed by atoms with Crippen molar-refractivity contribution in [3.63, 3.8) is 0 Å². The minimum Gasteiger partial charge on any atom is -0.444 e. The number of carbonyl (C=O) groups is 2. The van der Waals surface area contributed by atoms with Crippen molar-refractivity contribution < 1.29 is 27.5 Å². The molecule has 2 aliphatic rings. The molecule has 2 N–H and O–H groups in total. The van der Waals surface area contributed by atoms with Gasteiger partial charge in [0.05, 0.1) is 13.2 Å². The van der Waals surface area contributed by atoms with Crippen molar-refractivity contribution in [3.8, 4) is 0 Å². The maximum Gasteiger partial charge on any atom is 0.408 e. The molecule has 31 heavy (non-hydrogen) atoms. The molecule has 2 aliphatic carbocycles. The van der Waals surface area contributed by atoms with Gasteiger partial charge in [-0.3, -0.25) is 9.52 Å². The van der Waals surface area contributed by atoms with Gasteiger partial charge in [0, 0.05) is 5.92 Å². The lowest BCUT2D eigenvalue weighted by atomic mass is 10.2. The second kappa shape index (κ2) is 8.27. The zero-order valence-electron chi connectivity index (χ0n) is 18.1. The van der Waals surface area contributed by atoms with Gasteiger partial charge in [-0.05, 0) is 45.6 Å². The molecule has 0 bridgehead atoms. The zero-order valence-corrected chi connectivity index (χ0v) is 19.0. The summed E-state index contributed by atoms with van der Waals surface area (Å²) in [7, 11) is -4.00. The Bertz CT molecular complexity index is 950. The molecule has 2 fully saturated rings. The first-order chi connectivity index (χ1) is 14.4. The molecule has 0 radical (unpaired) electrons. The van der Waals surface area contributed by atoms with Gasteiger partial charge in [0.2, 0.25) is 10.0 Å². The summed E-state index contributed by atoms with van der Waals surface area (Å²) < 4.78 is 37.9. The number of benzene rings is 1. The lowest BCUT2D eigenvalue weighted by Gasteiger charge is -2.24. The van der Waals surface area contributed by atoms with Crippen molar-refractivity contribution in [2.75, 3.05) is 6.61 Å². The van der Waals surface area contributed by atoms with E-state index in [2.05, 4.69) is 16.6 Å². The Morgan fingerprint density at radius 3 is 2.39 bits per heavy atom. The molecule has 0 saturated heterocycles. The third-order valence-corrected chi connectivity index (χ3v) is 7.63. The van der Waals surface area contributed by atoms with Gasteiger partial charge in [0.15, 0.2) is 0 Å². The van der Waals surface area contributed by atoms with Crippen molar-refractivity contribution in [2.45, 2.75) is 62.5 Å². The van der Waals surface area contributed by atoms with Crippen molar-refractivity contribution in [3.05, 3.63) is 48.6 Å². The molecule has 0 heterocycles. The first kappa shape index (κ1) is 23.3. The van der Waals surface area contributed by atoms with Crippen LogP contribution in [0.5, 0.6) is 0 Å². The van der Waals surface area contributed by atoms with E-state index in [1.54, 1.807) is 20.8 Å². The highest BCUT2D eigenvalue weighted by Crippen LogP contribution is 2.47. The lowest BCUT2D eigenvalue weighted by Crippen LogP contribution is -2.54. The number of nitrogens with one attached hydrogen (secondary N) is 2. The Kier molecular flexibility index (Phi) is 6.21. The predicted octanol–water partition coefficient (Wildman–Crippen LogP) is 2.65. The van der Waals surface area contributed by atoms with Gasteiger partial charge >= 0.3 is 6.09 Å². The summed E-state index contributed by atoms with van der Waals surface area (Å²) in [6.45, 7) is 9.05. The average molecular weight is 451 g/mol. The highest BCUT2D eigenvalue weighted by atomic mass is 32.2. The van der Waals surface area contributed by atoms with Crippen LogP contribution in [0, 0.1) is 5.92 Å². The second-order valence-electron chi connectivity index (χ2n) is 9.24. The Labute approximate surface area is 183 Å². The Balaban J connectivity index is 1.63. The summed E-state index contributed by atoms with van der Waals surface area (Å²) >= 11 is 0. The number of carbonyl (C=O) groups excluding carboxylic acids is 2. The topological polar surface area (TPSA) is 111 Å². The maximum atomic E-state index is 13.0. The fourth-order valence-electron chi connectivity index (χ4n) is 3.40. The fourth-order valence-corrected chi connectivity index (χ4v) is 4.92. The van der Waals surface area contributed by atoms with Crippen LogP contribution < -0.4 is 10.0 Å². The van der Waals surface area contributed by atoms with Gasteiger partial charge in [0.25, 0.3) is 5.91 Å². The summed E-state index contributed by atoms with van der Waals surface area (Å²) in [5.74, 6) is -1.16. The Hall–Kier alpha value is -2.39. The number of alkyl carbamates (subject to hydrolysis) is 1. The van der Waals surface area contributed by atoms with E-state index in [-0.39, 0.29) is 25.6 Å². The summed E-state index contributed by atoms with van der Waals surface area (Å²) in [5.41, 5.74) is -1.19. The zero-order chi connectivity index (χ0) is 22.9. The summed E-state index contributed by atoms with van der Waals surface area (Å²) in [4.78, 5) is 25.1. The van der Waals surface area contributed by atoms with Gasteiger partial charge in [-0.1, -0.05) is 36.4 Å². The van der Waals surface area contributed by atoms with E-state index < -0.39 is 37.9 Å². The third-order valence-electron chi connectivity index (χ3n) is 5.51. The molecule has 0 unspecified atom stereocenters. The first-order valence-corrected chi connectivity index (χ1v) is 11.7. The highest BCUT2D eigenvalue weighted by Gasteiger charge is 2.63. The summed E-state index contributed by atoms with van der Waals surface area (Å²) in [5, 5.41) is 2.54. The molecular formula is C22H30N2O6S. The largest absolute Gasteiger partial charge is 0.444 e. The Morgan fingerprint density at radius 1 is 1.23 bits per heavy atom. The molecule has 0 aliphatic heterocycles. The minimum atomic E-state index is -4.00. The van der Waals surface area contributed by atoms with Crippen LogP contribution in [-0.2, 0) is 30.9 Å². The molecule has 0 spiro atoms. The van der Waals surface area contributed by atoms with Gasteiger partial charge in [0.1, 0.15) is 15.9 Å². The first-order valence-electron chi connectivity index (χ1n) is 10.3. The van der Waals surface area contributed by atoms with E-state index in [9.17, 15) is 18.0 Å². The number of hydrogen-bond acceptors (Lipinski definition) is 6. The predicted molar refractivity (Wildman–Crippen MR) is 116 cm³/mol. The van der Waals surface area contributed by atoms with Crippen LogP contribution in [0.25, 0.3) is 0 Å². The van der Waals surface area contributed by atoms with Crippen molar-refractivity contribution >= 4 is 22.0 Å². The summed E-state index contributed by atoms with van der Waals surface area (Å²) in [6, 6.07) is 9.44. The number of hydrogen-bond donors (Lipinski definition) is 2. The van der Waals surface area contributed by atoms with Crippen LogP contribution in [0.2, 0.25) is 0 Å². The number of amides is 2. The molecule has 170 valence electrons. The van der Waals surface area contributed by atoms with Gasteiger partial charge in [-0.15, -0.1) is 6.58 Å². The van der Waals surface area contributed by atoms with E-state index in [0.717, 1.165) is 5.56 Å². The van der Waals surface area contributed by atoms with Crippen LogP contribution in [-0.4, -0.2) is 42.9 Å². The SMILES string of the molecule is C=C[C@@H]1C[C@]1(NC(=O)OC(C)(C)C)C(=O)NS(=O)(=O)C1(COCc2ccccc2)CC1. The minimum absolute atomic E-state index is 0.0120. The molecule has 2 saturated carbocycles. The molecule has 2 atom stereocenters. The molecule has 2 amide bonds. The van der Waals surface area contributed by atoms with Crippen LogP contribution in [0.1, 0.15) is 45.6 Å². The van der Waals surface area contributed by atoms with E-state index in [0.29, 0.717) is 12.8 Å². The molecule has 0 aromatic heterocycles. The smallest absolute Gasteiger partial charge is 0.408 e. The van der Waals surface area contributed by atoms with Gasteiger partial charge in [-0.25, -0.2) is 13.2 Å². The van der Waals surface area contributed by atoms with Gasteiger partial charge < -0.3 is 14.8 Å². The van der Waals surface area contributed by atoms with Crippen molar-refractivity contribution in [1.29, 1.82) is 0 Å². The Morgan fingerprint density at radius 2 is 1.87 bits per heavy atom. The number of sulfonamides is 1. The molecule has 8 nitrogen and oxygen atoms in total. The lowest BCUT2D eigenvalue weighted by molar-refractivity contribution is -0.122. The number of rotatable bonds is 9. The van der Waals surface area contributed by atoms with Crippen LogP contribution in [0.3, 0.4) is 0 Å². The fraction of sp³-hybridized carbons (Fsp3) is 0.545. The maximum absolute atomic E-state index is 13.0. The van der Waals surface area contributed by atoms with Crippen LogP contribution >= 0.6 is 0 Å². The van der Waals surface area contributed by atoms with E-state index >= 15 is 0 Å².